The molecule has 1 heterocycles. The molecule has 1 aliphatic rings. The van der Waals surface area contributed by atoms with E-state index < -0.39 is 0 Å². The lowest BCUT2D eigenvalue weighted by molar-refractivity contribution is 0.0924. The first kappa shape index (κ1) is 18.2. The Hall–Kier alpha value is -1.65. The summed E-state index contributed by atoms with van der Waals surface area (Å²) in [4.78, 5) is 15.0. The van der Waals surface area contributed by atoms with Crippen molar-refractivity contribution in [3.63, 3.8) is 0 Å². The van der Waals surface area contributed by atoms with Crippen molar-refractivity contribution in [2.45, 2.75) is 32.2 Å². The van der Waals surface area contributed by atoms with Gasteiger partial charge in [-0.25, -0.2) is 0 Å². The Labute approximate surface area is 158 Å². The number of carbonyl (C=O) groups excluding carboxylic acids is 1. The van der Waals surface area contributed by atoms with Gasteiger partial charge in [0.05, 0.1) is 6.04 Å². The molecule has 1 atom stereocenters. The quantitative estimate of drug-likeness (QED) is 0.787. The van der Waals surface area contributed by atoms with Gasteiger partial charge in [0.25, 0.3) is 5.91 Å². The normalized spacial score (nSPS) is 16.4. The number of nitrogens with one attached hydrogen (secondary N) is 1. The largest absolute Gasteiger partial charge is 0.350 e. The lowest BCUT2D eigenvalue weighted by atomic mass is 10.0. The van der Waals surface area contributed by atoms with Gasteiger partial charge in [-0.05, 0) is 62.7 Å². The van der Waals surface area contributed by atoms with Crippen molar-refractivity contribution in [3.8, 4) is 0 Å². The SMILES string of the molecule is Cc1ccc([C@@H](CNC(=O)c2ccc(Br)cc2)N2CCCCC2)cc1. The highest BCUT2D eigenvalue weighted by Gasteiger charge is 2.23. The maximum absolute atomic E-state index is 12.5. The third-order valence-corrected chi connectivity index (χ3v) is 5.38. The predicted molar refractivity (Wildman–Crippen MR) is 106 cm³/mol. The number of piperidine rings is 1. The summed E-state index contributed by atoms with van der Waals surface area (Å²) in [5, 5.41) is 3.13. The zero-order valence-corrected chi connectivity index (χ0v) is 16.3. The van der Waals surface area contributed by atoms with Crippen molar-refractivity contribution >= 4 is 21.8 Å². The van der Waals surface area contributed by atoms with Gasteiger partial charge in [0.1, 0.15) is 0 Å². The van der Waals surface area contributed by atoms with Gasteiger partial charge in [0.2, 0.25) is 0 Å². The van der Waals surface area contributed by atoms with E-state index in [0.717, 1.165) is 17.6 Å². The zero-order valence-electron chi connectivity index (χ0n) is 14.7. The first-order valence-corrected chi connectivity index (χ1v) is 9.77. The zero-order chi connectivity index (χ0) is 17.6. The van der Waals surface area contributed by atoms with E-state index in [-0.39, 0.29) is 11.9 Å². The van der Waals surface area contributed by atoms with E-state index >= 15 is 0 Å². The molecule has 25 heavy (non-hydrogen) atoms. The molecule has 3 rings (SSSR count). The van der Waals surface area contributed by atoms with Crippen LogP contribution in [0.5, 0.6) is 0 Å². The van der Waals surface area contributed by atoms with Gasteiger partial charge >= 0.3 is 0 Å². The van der Waals surface area contributed by atoms with Crippen molar-refractivity contribution in [1.29, 1.82) is 0 Å². The summed E-state index contributed by atoms with van der Waals surface area (Å²) in [6.07, 6.45) is 3.79. The average Bonchev–Trinajstić information content (AvgIpc) is 2.64. The molecule has 0 saturated carbocycles. The summed E-state index contributed by atoms with van der Waals surface area (Å²) in [6.45, 7) is 4.95. The number of rotatable bonds is 5. The molecule has 0 spiro atoms. The van der Waals surface area contributed by atoms with Gasteiger partial charge in [-0.2, -0.15) is 0 Å². The van der Waals surface area contributed by atoms with Gasteiger partial charge in [-0.1, -0.05) is 52.2 Å². The Morgan fingerprint density at radius 1 is 1.04 bits per heavy atom. The van der Waals surface area contributed by atoms with Gasteiger partial charge in [0, 0.05) is 16.6 Å². The summed E-state index contributed by atoms with van der Waals surface area (Å²) in [6, 6.07) is 16.4. The van der Waals surface area contributed by atoms with Gasteiger partial charge < -0.3 is 5.32 Å². The van der Waals surface area contributed by atoms with Crippen LogP contribution in [0.1, 0.15) is 46.8 Å². The summed E-state index contributed by atoms with van der Waals surface area (Å²) in [7, 11) is 0. The number of hydrogen-bond donors (Lipinski definition) is 1. The van der Waals surface area contributed by atoms with E-state index in [1.165, 1.54) is 30.4 Å². The Bertz CT molecular complexity index is 691. The molecule has 0 unspecified atom stereocenters. The highest BCUT2D eigenvalue weighted by atomic mass is 79.9. The Morgan fingerprint density at radius 3 is 2.32 bits per heavy atom. The Kier molecular flexibility index (Phi) is 6.27. The molecule has 1 fully saturated rings. The van der Waals surface area contributed by atoms with Crippen LogP contribution in [0.2, 0.25) is 0 Å². The van der Waals surface area contributed by atoms with Gasteiger partial charge in [-0.15, -0.1) is 0 Å². The minimum atomic E-state index is -0.0124. The molecular formula is C21H25BrN2O. The summed E-state index contributed by atoms with van der Waals surface area (Å²) in [5.74, 6) is -0.0124. The molecule has 1 aliphatic heterocycles. The minimum Gasteiger partial charge on any atom is -0.350 e. The predicted octanol–water partition coefficient (Wildman–Crippen LogP) is 4.71. The molecule has 2 aromatic carbocycles. The van der Waals surface area contributed by atoms with Crippen LogP contribution in [0, 0.1) is 6.92 Å². The number of hydrogen-bond acceptors (Lipinski definition) is 2. The fraction of sp³-hybridized carbons (Fsp3) is 0.381. The van der Waals surface area contributed by atoms with E-state index in [1.807, 2.05) is 24.3 Å². The third kappa shape index (κ3) is 4.93. The first-order valence-electron chi connectivity index (χ1n) is 8.98. The average molecular weight is 401 g/mol. The second-order valence-electron chi connectivity index (χ2n) is 6.74. The smallest absolute Gasteiger partial charge is 0.251 e. The van der Waals surface area contributed by atoms with E-state index in [9.17, 15) is 4.79 Å². The molecule has 4 heteroatoms. The second-order valence-corrected chi connectivity index (χ2v) is 7.66. The number of likely N-dealkylation sites (tertiary alicyclic amines) is 1. The molecular weight excluding hydrogens is 376 g/mol. The second kappa shape index (κ2) is 8.63. The number of benzene rings is 2. The summed E-state index contributed by atoms with van der Waals surface area (Å²) < 4.78 is 0.981. The fourth-order valence-corrected chi connectivity index (χ4v) is 3.63. The van der Waals surface area contributed by atoms with Crippen LogP contribution in [0.4, 0.5) is 0 Å². The molecule has 1 N–H and O–H groups in total. The lowest BCUT2D eigenvalue weighted by Gasteiger charge is -2.35. The van der Waals surface area contributed by atoms with Crippen LogP contribution in [0.25, 0.3) is 0 Å². The van der Waals surface area contributed by atoms with Crippen molar-refractivity contribution in [1.82, 2.24) is 10.2 Å². The fourth-order valence-electron chi connectivity index (χ4n) is 3.37. The van der Waals surface area contributed by atoms with Crippen molar-refractivity contribution in [2.75, 3.05) is 19.6 Å². The molecule has 0 aromatic heterocycles. The van der Waals surface area contributed by atoms with Crippen LogP contribution in [-0.4, -0.2) is 30.4 Å². The molecule has 3 nitrogen and oxygen atoms in total. The maximum atomic E-state index is 12.5. The maximum Gasteiger partial charge on any atom is 0.251 e. The van der Waals surface area contributed by atoms with Crippen molar-refractivity contribution in [3.05, 3.63) is 69.7 Å². The first-order chi connectivity index (χ1) is 12.1. The molecule has 1 saturated heterocycles. The molecule has 0 bridgehead atoms. The third-order valence-electron chi connectivity index (χ3n) is 4.86. The number of nitrogens with zero attached hydrogens (tertiary/aromatic N) is 1. The van der Waals surface area contributed by atoms with E-state index in [4.69, 9.17) is 0 Å². The van der Waals surface area contributed by atoms with Crippen LogP contribution < -0.4 is 5.32 Å². The standard InChI is InChI=1S/C21H25BrN2O/c1-16-5-7-17(8-6-16)20(24-13-3-2-4-14-24)15-23-21(25)18-9-11-19(22)12-10-18/h5-12,20H,2-4,13-15H2,1H3,(H,23,25)/t20-/m1/s1. The highest BCUT2D eigenvalue weighted by Crippen LogP contribution is 2.24. The lowest BCUT2D eigenvalue weighted by Crippen LogP contribution is -2.40. The van der Waals surface area contributed by atoms with Crippen molar-refractivity contribution < 1.29 is 4.79 Å². The van der Waals surface area contributed by atoms with E-state index in [1.54, 1.807) is 0 Å². The summed E-state index contributed by atoms with van der Waals surface area (Å²) in [5.41, 5.74) is 3.24. The monoisotopic (exact) mass is 400 g/mol. The minimum absolute atomic E-state index is 0.0124. The molecule has 0 radical (unpaired) electrons. The number of aryl methyl sites for hydroxylation is 1. The van der Waals surface area contributed by atoms with Gasteiger partial charge in [0.15, 0.2) is 0 Å². The number of carbonyl (C=O) groups is 1. The van der Waals surface area contributed by atoms with Crippen LogP contribution in [0.15, 0.2) is 53.0 Å². The van der Waals surface area contributed by atoms with Gasteiger partial charge in [-0.3, -0.25) is 9.69 Å². The topological polar surface area (TPSA) is 32.3 Å². The van der Waals surface area contributed by atoms with E-state index in [0.29, 0.717) is 12.1 Å². The van der Waals surface area contributed by atoms with Crippen LogP contribution in [0.3, 0.4) is 0 Å². The Balaban J connectivity index is 1.71. The van der Waals surface area contributed by atoms with Crippen molar-refractivity contribution in [2.24, 2.45) is 0 Å². The Morgan fingerprint density at radius 2 is 1.68 bits per heavy atom. The molecule has 132 valence electrons. The molecule has 1 amide bonds. The molecule has 2 aromatic rings. The van der Waals surface area contributed by atoms with E-state index in [2.05, 4.69) is 57.3 Å². The molecule has 0 aliphatic carbocycles. The number of amides is 1. The highest BCUT2D eigenvalue weighted by molar-refractivity contribution is 9.10. The van der Waals surface area contributed by atoms with Crippen LogP contribution in [-0.2, 0) is 0 Å². The summed E-state index contributed by atoms with van der Waals surface area (Å²) >= 11 is 3.41. The number of halogens is 1. The van der Waals surface area contributed by atoms with Crippen LogP contribution >= 0.6 is 15.9 Å².